The van der Waals surface area contributed by atoms with Crippen LogP contribution in [0.4, 0.5) is 5.69 Å². The van der Waals surface area contributed by atoms with E-state index < -0.39 is 4.92 Å². The first-order chi connectivity index (χ1) is 11.1. The lowest BCUT2D eigenvalue weighted by atomic mass is 10.1. The Bertz CT molecular complexity index is 583. The lowest BCUT2D eigenvalue weighted by Gasteiger charge is -2.26. The lowest BCUT2D eigenvalue weighted by molar-refractivity contribution is -0.384. The van der Waals surface area contributed by atoms with Crippen molar-refractivity contribution in [2.45, 2.75) is 26.2 Å². The van der Waals surface area contributed by atoms with Crippen LogP contribution in [-0.2, 0) is 11.2 Å². The van der Waals surface area contributed by atoms with Gasteiger partial charge in [0.25, 0.3) is 5.69 Å². The molecule has 0 unspecified atom stereocenters. The topological polar surface area (TPSA) is 87.5 Å². The highest BCUT2D eigenvalue weighted by molar-refractivity contribution is 5.78. The van der Waals surface area contributed by atoms with E-state index in [4.69, 9.17) is 0 Å². The van der Waals surface area contributed by atoms with Crippen LogP contribution in [0.1, 0.15) is 25.3 Å². The van der Waals surface area contributed by atoms with Crippen LogP contribution in [0.25, 0.3) is 0 Å². The van der Waals surface area contributed by atoms with Crippen LogP contribution >= 0.6 is 0 Å². The number of hydrogen-bond acceptors (Lipinski definition) is 5. The van der Waals surface area contributed by atoms with Gasteiger partial charge in [0.05, 0.1) is 11.3 Å². The minimum absolute atomic E-state index is 0.0243. The molecule has 0 saturated heterocycles. The Balaban J connectivity index is 1.76. The van der Waals surface area contributed by atoms with Gasteiger partial charge in [-0.05, 0) is 24.6 Å². The highest BCUT2D eigenvalue weighted by atomic mass is 16.6. The number of nitro groups is 1. The maximum Gasteiger partial charge on any atom is 0.269 e. The second-order valence-electron chi connectivity index (χ2n) is 5.55. The predicted octanol–water partition coefficient (Wildman–Crippen LogP) is 1.76. The Morgan fingerprint density at radius 3 is 2.65 bits per heavy atom. The number of nitrogens with zero attached hydrogens (tertiary/aromatic N) is 2. The van der Waals surface area contributed by atoms with Crippen molar-refractivity contribution in [1.29, 1.82) is 0 Å². The summed E-state index contributed by atoms with van der Waals surface area (Å²) in [6.07, 6.45) is 4.30. The summed E-state index contributed by atoms with van der Waals surface area (Å²) in [6.45, 7) is 5.14. The molecular weight excluding hydrogens is 296 g/mol. The molecule has 124 valence electrons. The van der Waals surface area contributed by atoms with Crippen LogP contribution in [0.2, 0.25) is 0 Å². The first kappa shape index (κ1) is 17.0. The molecule has 0 spiro atoms. The molecule has 0 bridgehead atoms. The van der Waals surface area contributed by atoms with E-state index in [1.807, 2.05) is 0 Å². The number of non-ortho nitro benzene ring substituents is 1. The summed E-state index contributed by atoms with van der Waals surface area (Å²) in [7, 11) is 0. The van der Waals surface area contributed by atoms with Gasteiger partial charge in [0.2, 0.25) is 5.91 Å². The van der Waals surface area contributed by atoms with Crippen LogP contribution < -0.4 is 10.9 Å². The van der Waals surface area contributed by atoms with Crippen LogP contribution in [0.15, 0.2) is 36.0 Å². The first-order valence-electron chi connectivity index (χ1n) is 7.78. The number of carbonyl (C=O) groups is 1. The molecule has 0 radical (unpaired) electrons. The average molecular weight is 318 g/mol. The Hall–Kier alpha value is -2.41. The van der Waals surface area contributed by atoms with Gasteiger partial charge in [-0.25, -0.2) is 0 Å². The Labute approximate surface area is 135 Å². The van der Waals surface area contributed by atoms with Crippen LogP contribution in [0, 0.1) is 10.1 Å². The molecular formula is C16H22N4O3. The highest BCUT2D eigenvalue weighted by Crippen LogP contribution is 2.12. The molecule has 1 aliphatic heterocycles. The normalized spacial score (nSPS) is 14.9. The first-order valence-corrected chi connectivity index (χ1v) is 7.78. The molecule has 2 rings (SSSR count). The minimum Gasteiger partial charge on any atom is -0.303 e. The quantitative estimate of drug-likeness (QED) is 0.591. The van der Waals surface area contributed by atoms with Crippen LogP contribution in [-0.4, -0.2) is 35.4 Å². The molecule has 2 N–H and O–H groups in total. The Morgan fingerprint density at radius 1 is 1.35 bits per heavy atom. The second kappa shape index (κ2) is 8.28. The van der Waals surface area contributed by atoms with Crippen molar-refractivity contribution in [2.75, 3.05) is 19.6 Å². The average Bonchev–Trinajstić information content (AvgIpc) is 2.55. The Kier molecular flexibility index (Phi) is 6.10. The number of amides is 1. The van der Waals surface area contributed by atoms with Gasteiger partial charge in [0.1, 0.15) is 0 Å². The number of benzene rings is 1. The summed E-state index contributed by atoms with van der Waals surface area (Å²) >= 11 is 0. The van der Waals surface area contributed by atoms with Crippen LogP contribution in [0.3, 0.4) is 0 Å². The monoisotopic (exact) mass is 318 g/mol. The third-order valence-corrected chi connectivity index (χ3v) is 3.71. The van der Waals surface area contributed by atoms with E-state index in [1.54, 1.807) is 12.1 Å². The van der Waals surface area contributed by atoms with E-state index in [-0.39, 0.29) is 18.0 Å². The molecule has 1 aromatic carbocycles. The van der Waals surface area contributed by atoms with Crippen molar-refractivity contribution < 1.29 is 9.72 Å². The largest absolute Gasteiger partial charge is 0.303 e. The van der Waals surface area contributed by atoms with Crippen molar-refractivity contribution in [2.24, 2.45) is 0 Å². The van der Waals surface area contributed by atoms with Gasteiger partial charge in [-0.15, -0.1) is 0 Å². The summed E-state index contributed by atoms with van der Waals surface area (Å²) in [5, 5.41) is 10.6. The van der Waals surface area contributed by atoms with Gasteiger partial charge in [-0.1, -0.05) is 19.1 Å². The smallest absolute Gasteiger partial charge is 0.269 e. The van der Waals surface area contributed by atoms with Crippen molar-refractivity contribution >= 4 is 11.6 Å². The third-order valence-electron chi connectivity index (χ3n) is 3.71. The van der Waals surface area contributed by atoms with Crippen molar-refractivity contribution in [3.63, 3.8) is 0 Å². The zero-order chi connectivity index (χ0) is 16.7. The molecule has 7 nitrogen and oxygen atoms in total. The van der Waals surface area contributed by atoms with Crippen molar-refractivity contribution in [1.82, 2.24) is 15.8 Å². The number of nitrogens with one attached hydrogen (secondary N) is 2. The molecule has 1 aliphatic rings. The van der Waals surface area contributed by atoms with E-state index in [1.165, 1.54) is 12.1 Å². The van der Waals surface area contributed by atoms with Gasteiger partial charge in [-0.2, -0.15) is 0 Å². The maximum atomic E-state index is 11.9. The molecule has 0 saturated carbocycles. The molecule has 0 aromatic heterocycles. The fourth-order valence-electron chi connectivity index (χ4n) is 2.46. The molecule has 1 heterocycles. The molecule has 23 heavy (non-hydrogen) atoms. The molecule has 0 atom stereocenters. The lowest BCUT2D eigenvalue weighted by Crippen LogP contribution is -2.41. The summed E-state index contributed by atoms with van der Waals surface area (Å²) in [6, 6.07) is 6.00. The molecule has 0 fully saturated rings. The fraction of sp³-hybridized carbons (Fsp3) is 0.438. The van der Waals surface area contributed by atoms with Crippen molar-refractivity contribution in [3.8, 4) is 0 Å². The third kappa shape index (κ3) is 5.37. The van der Waals surface area contributed by atoms with Gasteiger partial charge >= 0.3 is 0 Å². The summed E-state index contributed by atoms with van der Waals surface area (Å²) in [5.41, 5.74) is 7.42. The molecule has 7 heteroatoms. The zero-order valence-electron chi connectivity index (χ0n) is 13.2. The van der Waals surface area contributed by atoms with Gasteiger partial charge in [0.15, 0.2) is 0 Å². The predicted molar refractivity (Wildman–Crippen MR) is 87.5 cm³/mol. The van der Waals surface area contributed by atoms with Gasteiger partial charge < -0.3 is 5.43 Å². The SMILES string of the molecule is CCCN1CC=C(NNC(=O)Cc2ccc([N+](=O)[O-])cc2)CC1. The minimum atomic E-state index is -0.456. The van der Waals surface area contributed by atoms with E-state index in [0.717, 1.165) is 43.7 Å². The van der Waals surface area contributed by atoms with Gasteiger partial charge in [0, 0.05) is 37.3 Å². The van der Waals surface area contributed by atoms with E-state index in [0.29, 0.717) is 0 Å². The van der Waals surface area contributed by atoms with Gasteiger partial charge in [-0.3, -0.25) is 25.2 Å². The number of nitro benzene ring substituents is 1. The maximum absolute atomic E-state index is 11.9. The number of carbonyl (C=O) groups excluding carboxylic acids is 1. The zero-order valence-corrected chi connectivity index (χ0v) is 13.2. The number of hydrogen-bond donors (Lipinski definition) is 2. The molecule has 1 aromatic rings. The van der Waals surface area contributed by atoms with E-state index in [9.17, 15) is 14.9 Å². The van der Waals surface area contributed by atoms with E-state index >= 15 is 0 Å². The number of rotatable bonds is 7. The highest BCUT2D eigenvalue weighted by Gasteiger charge is 2.11. The Morgan fingerprint density at radius 2 is 2.09 bits per heavy atom. The summed E-state index contributed by atoms with van der Waals surface area (Å²) in [5.74, 6) is -0.171. The summed E-state index contributed by atoms with van der Waals surface area (Å²) in [4.78, 5) is 24.4. The molecule has 0 aliphatic carbocycles. The van der Waals surface area contributed by atoms with Crippen molar-refractivity contribution in [3.05, 3.63) is 51.7 Å². The van der Waals surface area contributed by atoms with E-state index in [2.05, 4.69) is 28.8 Å². The fourth-order valence-corrected chi connectivity index (χ4v) is 2.46. The van der Waals surface area contributed by atoms with Crippen LogP contribution in [0.5, 0.6) is 0 Å². The number of hydrazine groups is 1. The second-order valence-corrected chi connectivity index (χ2v) is 5.55. The summed E-state index contributed by atoms with van der Waals surface area (Å²) < 4.78 is 0. The molecule has 1 amide bonds. The standard InChI is InChI=1S/C16H22N4O3/c1-2-9-19-10-7-14(8-11-19)17-18-16(21)12-13-3-5-15(6-4-13)20(22)23/h3-7,17H,2,8-12H2,1H3,(H,18,21).